The minimum Gasteiger partial charge on any atom is -0.497 e. The van der Waals surface area contributed by atoms with Crippen LogP contribution in [0.1, 0.15) is 52.9 Å². The summed E-state index contributed by atoms with van der Waals surface area (Å²) in [4.78, 5) is 58.3. The average molecular weight is 671 g/mol. The molecule has 2 heterocycles. The number of aromatic nitrogens is 1. The number of hydrazine groups is 1. The van der Waals surface area contributed by atoms with Gasteiger partial charge in [0.1, 0.15) is 28.7 Å². The Labute approximate surface area is 284 Å². The zero-order valence-electron chi connectivity index (χ0n) is 28.1. The SMILES string of the molecule is COc1ccc2c(O[C@@H]3C[C@H]4C(=O)N[C@]5(C(=O)O)C[C@H]5C=CCCCN(NC(=O)OC(C)(C)C)C(=O)[C@@H]4C3)cc(-c3ccccc3)nc2c1. The van der Waals surface area contributed by atoms with E-state index >= 15 is 0 Å². The summed E-state index contributed by atoms with van der Waals surface area (Å²) < 4.78 is 17.5. The molecule has 5 atom stereocenters. The van der Waals surface area contributed by atoms with Gasteiger partial charge in [0.15, 0.2) is 0 Å². The van der Waals surface area contributed by atoms with Crippen molar-refractivity contribution < 1.29 is 38.5 Å². The number of hydrogen-bond acceptors (Lipinski definition) is 8. The standard InChI is InChI=1S/C37H42N4O8/c1-36(2,3)49-35(46)40-41-16-10-6-9-13-23-21-37(23,34(44)45)39-32(42)27-17-25(18-28(27)33(41)43)48-31-20-29(22-11-7-5-8-12-22)38-30-19-24(47-4)14-15-26(30)31/h5,7-9,11-15,19-20,23,25,27-28H,6,10,16-18,21H2,1-4H3,(H,39,42)(H,40,46)(H,44,45)/t23-,25-,27-,28-,37-/m1/s1. The molecule has 0 radical (unpaired) electrons. The molecule has 6 rings (SSSR count). The highest BCUT2D eigenvalue weighted by Crippen LogP contribution is 2.47. The van der Waals surface area contributed by atoms with E-state index in [1.54, 1.807) is 27.9 Å². The van der Waals surface area contributed by atoms with E-state index in [0.717, 1.165) is 10.9 Å². The third-order valence-electron chi connectivity index (χ3n) is 9.27. The number of carbonyl (C=O) groups is 4. The van der Waals surface area contributed by atoms with Gasteiger partial charge in [-0.15, -0.1) is 0 Å². The highest BCUT2D eigenvalue weighted by Gasteiger charge is 2.61. The molecule has 1 aliphatic heterocycles. The van der Waals surface area contributed by atoms with Crippen LogP contribution in [-0.4, -0.2) is 69.9 Å². The van der Waals surface area contributed by atoms with Gasteiger partial charge in [-0.05, 0) is 65.0 Å². The van der Waals surface area contributed by atoms with Crippen LogP contribution in [-0.2, 0) is 19.1 Å². The molecular weight excluding hydrogens is 628 g/mol. The fourth-order valence-electron chi connectivity index (χ4n) is 6.72. The fourth-order valence-corrected chi connectivity index (χ4v) is 6.72. The molecule has 2 fully saturated rings. The van der Waals surface area contributed by atoms with Gasteiger partial charge in [-0.2, -0.15) is 0 Å². The summed E-state index contributed by atoms with van der Waals surface area (Å²) in [6.45, 7) is 5.35. The second-order valence-corrected chi connectivity index (χ2v) is 13.9. The molecule has 1 aromatic heterocycles. The number of hydrogen-bond donors (Lipinski definition) is 3. The third-order valence-corrected chi connectivity index (χ3v) is 9.27. The van der Waals surface area contributed by atoms with E-state index in [0.29, 0.717) is 35.6 Å². The molecule has 49 heavy (non-hydrogen) atoms. The molecule has 3 aliphatic rings. The van der Waals surface area contributed by atoms with Gasteiger partial charge in [-0.25, -0.2) is 20.0 Å². The first-order chi connectivity index (χ1) is 23.4. The highest BCUT2D eigenvalue weighted by atomic mass is 16.6. The van der Waals surface area contributed by atoms with Crippen molar-refractivity contribution in [2.24, 2.45) is 17.8 Å². The number of carbonyl (C=O) groups excluding carboxylic acids is 3. The lowest BCUT2D eigenvalue weighted by molar-refractivity contribution is -0.146. The van der Waals surface area contributed by atoms with E-state index in [9.17, 15) is 24.3 Å². The Morgan fingerprint density at radius 3 is 2.53 bits per heavy atom. The van der Waals surface area contributed by atoms with Gasteiger partial charge in [0.2, 0.25) is 11.8 Å². The number of fused-ring (bicyclic) bond motifs is 3. The molecular formula is C37H42N4O8. The van der Waals surface area contributed by atoms with Crippen LogP contribution >= 0.6 is 0 Å². The predicted octanol–water partition coefficient (Wildman–Crippen LogP) is 5.26. The molecule has 3 aromatic rings. The third kappa shape index (κ3) is 7.33. The van der Waals surface area contributed by atoms with Crippen molar-refractivity contribution in [3.63, 3.8) is 0 Å². The first kappa shape index (κ1) is 33.8. The van der Waals surface area contributed by atoms with Crippen LogP contribution in [0.3, 0.4) is 0 Å². The average Bonchev–Trinajstić information content (AvgIpc) is 3.59. The number of benzene rings is 2. The van der Waals surface area contributed by atoms with Crippen molar-refractivity contribution in [1.29, 1.82) is 0 Å². The van der Waals surface area contributed by atoms with Crippen molar-refractivity contribution in [2.45, 2.75) is 70.1 Å². The normalized spacial score (nSPS) is 25.5. The molecule has 0 spiro atoms. The zero-order valence-corrected chi connectivity index (χ0v) is 28.1. The smallest absolute Gasteiger partial charge is 0.426 e. The first-order valence-corrected chi connectivity index (χ1v) is 16.6. The molecule has 0 unspecified atom stereocenters. The second kappa shape index (κ2) is 13.4. The quantitative estimate of drug-likeness (QED) is 0.298. The van der Waals surface area contributed by atoms with E-state index in [2.05, 4.69) is 10.7 Å². The summed E-state index contributed by atoms with van der Waals surface area (Å²) in [5, 5.41) is 14.9. The van der Waals surface area contributed by atoms with E-state index in [-0.39, 0.29) is 31.7 Å². The second-order valence-electron chi connectivity index (χ2n) is 13.9. The molecule has 2 aliphatic carbocycles. The van der Waals surface area contributed by atoms with Crippen LogP contribution < -0.4 is 20.2 Å². The first-order valence-electron chi connectivity index (χ1n) is 16.6. The zero-order chi connectivity index (χ0) is 34.9. The lowest BCUT2D eigenvalue weighted by Gasteiger charge is -2.29. The summed E-state index contributed by atoms with van der Waals surface area (Å²) in [5.41, 5.74) is 2.59. The Kier molecular flexibility index (Phi) is 9.24. The summed E-state index contributed by atoms with van der Waals surface area (Å²) in [6, 6.07) is 17.0. The number of allylic oxidation sites excluding steroid dienone is 1. The topological polar surface area (TPSA) is 156 Å². The summed E-state index contributed by atoms with van der Waals surface area (Å²) in [7, 11) is 1.58. The highest BCUT2D eigenvalue weighted by molar-refractivity contribution is 5.95. The number of aliphatic carboxylic acids is 1. The molecule has 3 N–H and O–H groups in total. The Bertz CT molecular complexity index is 1790. The van der Waals surface area contributed by atoms with Gasteiger partial charge in [0.05, 0.1) is 30.2 Å². The van der Waals surface area contributed by atoms with E-state index in [1.165, 1.54) is 5.01 Å². The summed E-state index contributed by atoms with van der Waals surface area (Å²) in [5.74, 6) is -3.13. The number of nitrogens with one attached hydrogen (secondary N) is 2. The maximum atomic E-state index is 14.3. The van der Waals surface area contributed by atoms with Crippen LogP contribution in [0.25, 0.3) is 22.2 Å². The van der Waals surface area contributed by atoms with Gasteiger partial charge < -0.3 is 24.6 Å². The Hall–Kier alpha value is -5.13. The number of pyridine rings is 1. The summed E-state index contributed by atoms with van der Waals surface area (Å²) >= 11 is 0. The molecule has 3 amide bonds. The Balaban J connectivity index is 1.34. The Morgan fingerprint density at radius 2 is 1.82 bits per heavy atom. The molecule has 12 heteroatoms. The van der Waals surface area contributed by atoms with Gasteiger partial charge in [-0.3, -0.25) is 14.6 Å². The largest absolute Gasteiger partial charge is 0.497 e. The molecule has 12 nitrogen and oxygen atoms in total. The summed E-state index contributed by atoms with van der Waals surface area (Å²) in [6.07, 6.45) is 3.92. The molecule has 0 bridgehead atoms. The lowest BCUT2D eigenvalue weighted by Crippen LogP contribution is -2.53. The lowest BCUT2D eigenvalue weighted by atomic mass is 9.93. The maximum Gasteiger partial charge on any atom is 0.426 e. The van der Waals surface area contributed by atoms with Crippen molar-refractivity contribution in [1.82, 2.24) is 20.7 Å². The van der Waals surface area contributed by atoms with Crippen LogP contribution in [0, 0.1) is 17.8 Å². The van der Waals surface area contributed by atoms with Crippen molar-refractivity contribution in [3.05, 3.63) is 66.7 Å². The van der Waals surface area contributed by atoms with Crippen LogP contribution in [0.15, 0.2) is 66.7 Å². The predicted molar refractivity (Wildman–Crippen MR) is 180 cm³/mol. The van der Waals surface area contributed by atoms with Gasteiger partial charge in [0.25, 0.3) is 0 Å². The van der Waals surface area contributed by atoms with E-state index in [4.69, 9.17) is 19.2 Å². The van der Waals surface area contributed by atoms with Crippen LogP contribution in [0.4, 0.5) is 4.79 Å². The van der Waals surface area contributed by atoms with Crippen molar-refractivity contribution >= 4 is 34.8 Å². The van der Waals surface area contributed by atoms with Gasteiger partial charge in [-0.1, -0.05) is 42.5 Å². The minimum absolute atomic E-state index is 0.152. The number of amides is 3. The van der Waals surface area contributed by atoms with Gasteiger partial charge in [0, 0.05) is 35.5 Å². The molecule has 258 valence electrons. The number of rotatable bonds is 6. The fraction of sp³-hybridized carbons (Fsp3) is 0.432. The van der Waals surface area contributed by atoms with Crippen molar-refractivity contribution in [2.75, 3.05) is 13.7 Å². The van der Waals surface area contributed by atoms with E-state index < -0.39 is 53.0 Å². The molecule has 0 saturated heterocycles. The Morgan fingerprint density at radius 1 is 1.06 bits per heavy atom. The van der Waals surface area contributed by atoms with Crippen LogP contribution in [0.2, 0.25) is 0 Å². The van der Waals surface area contributed by atoms with E-state index in [1.807, 2.05) is 66.7 Å². The number of ether oxygens (including phenoxy) is 3. The maximum absolute atomic E-state index is 14.3. The van der Waals surface area contributed by atoms with Crippen LogP contribution in [0.5, 0.6) is 11.5 Å². The number of carboxylic acids is 1. The molecule has 2 aromatic carbocycles. The number of methoxy groups -OCH3 is 1. The van der Waals surface area contributed by atoms with Crippen molar-refractivity contribution in [3.8, 4) is 22.8 Å². The molecule has 2 saturated carbocycles. The van der Waals surface area contributed by atoms with Gasteiger partial charge >= 0.3 is 12.1 Å². The number of carboxylic acid groups (broad SMARTS) is 1. The minimum atomic E-state index is -1.42. The monoisotopic (exact) mass is 670 g/mol. The number of nitrogens with zero attached hydrogens (tertiary/aromatic N) is 2.